The Labute approximate surface area is 117 Å². The van der Waals surface area contributed by atoms with Gasteiger partial charge in [0.05, 0.1) is 29.6 Å². The summed E-state index contributed by atoms with van der Waals surface area (Å²) < 4.78 is 3.83. The molecule has 1 atom stereocenters. The van der Waals surface area contributed by atoms with Gasteiger partial charge in [0.25, 0.3) is 0 Å². The highest BCUT2D eigenvalue weighted by Gasteiger charge is 2.20. The third kappa shape index (κ3) is 2.08. The molecule has 0 bridgehead atoms. The van der Waals surface area contributed by atoms with Crippen molar-refractivity contribution in [2.75, 3.05) is 7.05 Å². The number of fused-ring (bicyclic) bond motifs is 1. The highest BCUT2D eigenvalue weighted by atomic mass is 15.4. The van der Waals surface area contributed by atoms with E-state index in [1.165, 1.54) is 0 Å². The van der Waals surface area contributed by atoms with Gasteiger partial charge in [-0.2, -0.15) is 5.10 Å². The molecular formula is C14H18N6. The van der Waals surface area contributed by atoms with Gasteiger partial charge in [-0.1, -0.05) is 18.2 Å². The van der Waals surface area contributed by atoms with Gasteiger partial charge in [0.15, 0.2) is 0 Å². The lowest BCUT2D eigenvalue weighted by Gasteiger charge is -2.16. The summed E-state index contributed by atoms with van der Waals surface area (Å²) in [6.45, 7) is 3.00. The number of aryl methyl sites for hydroxylation is 1. The molecule has 1 unspecified atom stereocenters. The number of nitrogens with zero attached hydrogens (tertiary/aromatic N) is 5. The zero-order valence-corrected chi connectivity index (χ0v) is 11.7. The fraction of sp³-hybridized carbons (Fsp3) is 0.357. The second kappa shape index (κ2) is 5.42. The van der Waals surface area contributed by atoms with E-state index >= 15 is 0 Å². The second-order valence-electron chi connectivity index (χ2n) is 4.73. The van der Waals surface area contributed by atoms with Crippen LogP contribution in [0.5, 0.6) is 0 Å². The zero-order valence-electron chi connectivity index (χ0n) is 11.7. The molecule has 0 amide bonds. The maximum atomic E-state index is 4.40. The Bertz CT molecular complexity index is 698. The van der Waals surface area contributed by atoms with Crippen LogP contribution in [0.2, 0.25) is 0 Å². The Morgan fingerprint density at radius 2 is 2.20 bits per heavy atom. The standard InChI is InChI=1S/C14H18N6/c1-3-7-20-13(10-16-18-20)14(15-2)11-9-17-19-8-5-4-6-12(11)19/h4-6,8-10,14-15H,3,7H2,1-2H3. The molecule has 0 saturated carbocycles. The Morgan fingerprint density at radius 1 is 1.30 bits per heavy atom. The second-order valence-corrected chi connectivity index (χ2v) is 4.73. The van der Waals surface area contributed by atoms with E-state index in [0.717, 1.165) is 29.7 Å². The molecule has 0 aromatic carbocycles. The van der Waals surface area contributed by atoms with E-state index in [9.17, 15) is 0 Å². The van der Waals surface area contributed by atoms with Gasteiger partial charge in [0.1, 0.15) is 0 Å². The van der Waals surface area contributed by atoms with Crippen LogP contribution in [0.4, 0.5) is 0 Å². The maximum Gasteiger partial charge on any atom is 0.0803 e. The monoisotopic (exact) mass is 270 g/mol. The molecule has 3 aromatic heterocycles. The van der Waals surface area contributed by atoms with Gasteiger partial charge in [-0.15, -0.1) is 5.10 Å². The van der Waals surface area contributed by atoms with Crippen LogP contribution in [0.15, 0.2) is 36.8 Å². The lowest BCUT2D eigenvalue weighted by molar-refractivity contribution is 0.524. The van der Waals surface area contributed by atoms with Crippen LogP contribution in [0.1, 0.15) is 30.6 Å². The quantitative estimate of drug-likeness (QED) is 0.765. The van der Waals surface area contributed by atoms with Crippen molar-refractivity contribution < 1.29 is 0 Å². The Hall–Kier alpha value is -2.21. The van der Waals surface area contributed by atoms with Crippen molar-refractivity contribution in [2.45, 2.75) is 25.9 Å². The van der Waals surface area contributed by atoms with E-state index in [1.54, 1.807) is 0 Å². The third-order valence-corrected chi connectivity index (χ3v) is 3.43. The molecule has 0 fully saturated rings. The first-order chi connectivity index (χ1) is 9.85. The van der Waals surface area contributed by atoms with Crippen LogP contribution in [0.25, 0.3) is 5.52 Å². The van der Waals surface area contributed by atoms with Crippen LogP contribution in [0.3, 0.4) is 0 Å². The van der Waals surface area contributed by atoms with Crippen molar-refractivity contribution in [2.24, 2.45) is 0 Å². The minimum Gasteiger partial charge on any atom is -0.308 e. The average Bonchev–Trinajstić information content (AvgIpc) is 3.09. The van der Waals surface area contributed by atoms with Gasteiger partial charge in [0, 0.05) is 18.3 Å². The van der Waals surface area contributed by atoms with Gasteiger partial charge >= 0.3 is 0 Å². The molecule has 20 heavy (non-hydrogen) atoms. The first kappa shape index (κ1) is 12.8. The topological polar surface area (TPSA) is 60.0 Å². The van der Waals surface area contributed by atoms with Crippen molar-refractivity contribution in [3.8, 4) is 0 Å². The normalized spacial score (nSPS) is 12.9. The molecule has 6 heteroatoms. The molecule has 104 valence electrons. The van der Waals surface area contributed by atoms with Crippen molar-refractivity contribution in [3.63, 3.8) is 0 Å². The maximum absolute atomic E-state index is 4.40. The minimum atomic E-state index is 0.0384. The van der Waals surface area contributed by atoms with Crippen LogP contribution >= 0.6 is 0 Å². The summed E-state index contributed by atoms with van der Waals surface area (Å²) in [5.74, 6) is 0. The van der Waals surface area contributed by atoms with Crippen LogP contribution in [0, 0.1) is 0 Å². The smallest absolute Gasteiger partial charge is 0.0803 e. The predicted octanol–water partition coefficient (Wildman–Crippen LogP) is 1.64. The van der Waals surface area contributed by atoms with Gasteiger partial charge < -0.3 is 5.32 Å². The largest absolute Gasteiger partial charge is 0.308 e. The Kier molecular flexibility index (Phi) is 3.47. The van der Waals surface area contributed by atoms with E-state index in [2.05, 4.69) is 33.7 Å². The molecule has 0 saturated heterocycles. The number of hydrogen-bond acceptors (Lipinski definition) is 4. The molecule has 0 spiro atoms. The fourth-order valence-electron chi connectivity index (χ4n) is 2.51. The average molecular weight is 270 g/mol. The van der Waals surface area contributed by atoms with Crippen LogP contribution in [-0.2, 0) is 6.54 Å². The van der Waals surface area contributed by atoms with Gasteiger partial charge in [-0.25, -0.2) is 9.20 Å². The Morgan fingerprint density at radius 3 is 3.00 bits per heavy atom. The first-order valence-corrected chi connectivity index (χ1v) is 6.83. The minimum absolute atomic E-state index is 0.0384. The fourth-order valence-corrected chi connectivity index (χ4v) is 2.51. The zero-order chi connectivity index (χ0) is 13.9. The van der Waals surface area contributed by atoms with E-state index in [4.69, 9.17) is 0 Å². The van der Waals surface area contributed by atoms with Crippen molar-refractivity contribution in [3.05, 3.63) is 48.0 Å². The molecule has 0 aliphatic rings. The molecule has 0 aliphatic carbocycles. The summed E-state index contributed by atoms with van der Waals surface area (Å²) in [4.78, 5) is 0. The van der Waals surface area contributed by atoms with Gasteiger partial charge in [0.2, 0.25) is 0 Å². The van der Waals surface area contributed by atoms with E-state index in [1.807, 2.05) is 47.0 Å². The van der Waals surface area contributed by atoms with Crippen LogP contribution in [-0.4, -0.2) is 31.7 Å². The molecule has 3 aromatic rings. The van der Waals surface area contributed by atoms with Crippen molar-refractivity contribution in [1.82, 2.24) is 29.9 Å². The Balaban J connectivity index is 2.07. The van der Waals surface area contributed by atoms with E-state index in [0.29, 0.717) is 0 Å². The number of pyridine rings is 1. The van der Waals surface area contributed by atoms with E-state index < -0.39 is 0 Å². The summed E-state index contributed by atoms with van der Waals surface area (Å²) in [7, 11) is 1.94. The molecular weight excluding hydrogens is 252 g/mol. The summed E-state index contributed by atoms with van der Waals surface area (Å²) in [6, 6.07) is 6.10. The molecule has 0 radical (unpaired) electrons. The third-order valence-electron chi connectivity index (χ3n) is 3.43. The van der Waals surface area contributed by atoms with Crippen molar-refractivity contribution >= 4 is 5.52 Å². The summed E-state index contributed by atoms with van der Waals surface area (Å²) in [6.07, 6.45) is 6.71. The number of nitrogens with one attached hydrogen (secondary N) is 1. The SMILES string of the molecule is CCCn1nncc1C(NC)c1cnn2ccccc12. The molecule has 1 N–H and O–H groups in total. The molecule has 3 rings (SSSR count). The summed E-state index contributed by atoms with van der Waals surface area (Å²) in [5.41, 5.74) is 3.29. The summed E-state index contributed by atoms with van der Waals surface area (Å²) >= 11 is 0. The van der Waals surface area contributed by atoms with Gasteiger partial charge in [-0.05, 0) is 25.6 Å². The molecule has 6 nitrogen and oxygen atoms in total. The van der Waals surface area contributed by atoms with E-state index in [-0.39, 0.29) is 6.04 Å². The highest BCUT2D eigenvalue weighted by molar-refractivity contribution is 5.56. The molecule has 3 heterocycles. The predicted molar refractivity (Wildman–Crippen MR) is 76.4 cm³/mol. The van der Waals surface area contributed by atoms with Gasteiger partial charge in [-0.3, -0.25) is 0 Å². The lowest BCUT2D eigenvalue weighted by atomic mass is 10.1. The molecule has 0 aliphatic heterocycles. The number of rotatable bonds is 5. The number of hydrogen-bond donors (Lipinski definition) is 1. The lowest BCUT2D eigenvalue weighted by Crippen LogP contribution is -2.21. The van der Waals surface area contributed by atoms with Crippen molar-refractivity contribution in [1.29, 1.82) is 0 Å². The summed E-state index contributed by atoms with van der Waals surface area (Å²) in [5, 5.41) is 16.0. The first-order valence-electron chi connectivity index (χ1n) is 6.83. The highest BCUT2D eigenvalue weighted by Crippen LogP contribution is 2.24. The number of aromatic nitrogens is 5. The van der Waals surface area contributed by atoms with Crippen LogP contribution < -0.4 is 5.32 Å².